The average molecular weight is 261 g/mol. The van der Waals surface area contributed by atoms with Gasteiger partial charge in [0.1, 0.15) is 0 Å². The normalized spacial score (nSPS) is 15.6. The molecule has 0 spiro atoms. The fourth-order valence-corrected chi connectivity index (χ4v) is 2.80. The highest BCUT2D eigenvalue weighted by molar-refractivity contribution is 5.97. The first kappa shape index (κ1) is 14.0. The van der Waals surface area contributed by atoms with Gasteiger partial charge in [-0.1, -0.05) is 12.1 Å². The summed E-state index contributed by atoms with van der Waals surface area (Å²) in [5.41, 5.74) is 14.5. The van der Waals surface area contributed by atoms with Gasteiger partial charge in [-0.25, -0.2) is 0 Å². The number of fused-ring (bicyclic) bond motifs is 1. The van der Waals surface area contributed by atoms with Crippen LogP contribution >= 0.6 is 0 Å². The van der Waals surface area contributed by atoms with Crippen molar-refractivity contribution >= 4 is 11.6 Å². The molecule has 0 saturated carbocycles. The molecule has 0 radical (unpaired) electrons. The molecule has 0 aliphatic carbocycles. The van der Waals surface area contributed by atoms with Gasteiger partial charge < -0.3 is 16.4 Å². The highest BCUT2D eigenvalue weighted by atomic mass is 16.2. The van der Waals surface area contributed by atoms with Gasteiger partial charge in [0.05, 0.1) is 0 Å². The van der Waals surface area contributed by atoms with Gasteiger partial charge >= 0.3 is 0 Å². The second kappa shape index (κ2) is 5.31. The topological polar surface area (TPSA) is 72.3 Å². The van der Waals surface area contributed by atoms with E-state index in [1.54, 1.807) is 0 Å². The van der Waals surface area contributed by atoms with Crippen LogP contribution in [0.15, 0.2) is 18.2 Å². The van der Waals surface area contributed by atoms with Gasteiger partial charge in [0.25, 0.3) is 0 Å². The lowest BCUT2D eigenvalue weighted by Gasteiger charge is -2.42. The van der Waals surface area contributed by atoms with E-state index in [1.165, 1.54) is 5.56 Å². The summed E-state index contributed by atoms with van der Waals surface area (Å²) in [5, 5.41) is 0. The minimum Gasteiger partial charge on any atom is -0.330 e. The molecule has 1 amide bonds. The van der Waals surface area contributed by atoms with E-state index >= 15 is 0 Å². The van der Waals surface area contributed by atoms with E-state index in [1.807, 2.05) is 17.0 Å². The van der Waals surface area contributed by atoms with Crippen LogP contribution < -0.4 is 16.4 Å². The van der Waals surface area contributed by atoms with Crippen LogP contribution in [0.5, 0.6) is 0 Å². The number of carbonyl (C=O) groups excluding carboxylic acids is 1. The highest BCUT2D eigenvalue weighted by Crippen LogP contribution is 2.35. The molecule has 2 rings (SSSR count). The van der Waals surface area contributed by atoms with E-state index in [9.17, 15) is 4.79 Å². The van der Waals surface area contributed by atoms with Crippen molar-refractivity contribution in [1.29, 1.82) is 0 Å². The molecule has 0 bridgehead atoms. The molecular weight excluding hydrogens is 238 g/mol. The van der Waals surface area contributed by atoms with Crippen LogP contribution in [0.1, 0.15) is 37.8 Å². The summed E-state index contributed by atoms with van der Waals surface area (Å²) in [4.78, 5) is 14.2. The zero-order valence-electron chi connectivity index (χ0n) is 11.8. The Kier molecular flexibility index (Phi) is 3.92. The Labute approximate surface area is 114 Å². The first-order chi connectivity index (χ1) is 8.99. The lowest BCUT2D eigenvalue weighted by molar-refractivity contribution is -0.120. The third-order valence-electron chi connectivity index (χ3n) is 3.84. The monoisotopic (exact) mass is 261 g/mol. The Hall–Kier alpha value is -1.39. The molecule has 0 atom stereocenters. The summed E-state index contributed by atoms with van der Waals surface area (Å²) in [6.45, 7) is 5.26. The van der Waals surface area contributed by atoms with Gasteiger partial charge in [-0.05, 0) is 50.4 Å². The minimum atomic E-state index is -0.245. The molecular formula is C15H23N3O. The number of amides is 1. The number of nitrogens with two attached hydrogens (primary N) is 2. The molecule has 0 fully saturated rings. The second-order valence-corrected chi connectivity index (χ2v) is 5.75. The molecule has 1 heterocycles. The van der Waals surface area contributed by atoms with E-state index in [4.69, 9.17) is 11.5 Å². The van der Waals surface area contributed by atoms with Crippen LogP contribution in [0.2, 0.25) is 0 Å². The lowest BCUT2D eigenvalue weighted by atomic mass is 9.90. The molecule has 19 heavy (non-hydrogen) atoms. The summed E-state index contributed by atoms with van der Waals surface area (Å²) >= 11 is 0. The molecule has 0 unspecified atom stereocenters. The van der Waals surface area contributed by atoms with Crippen molar-refractivity contribution in [3.63, 3.8) is 0 Å². The first-order valence-corrected chi connectivity index (χ1v) is 6.84. The van der Waals surface area contributed by atoms with Crippen molar-refractivity contribution in [1.82, 2.24) is 0 Å². The Morgan fingerprint density at radius 2 is 2.00 bits per heavy atom. The average Bonchev–Trinajstić information content (AvgIpc) is 2.37. The van der Waals surface area contributed by atoms with Crippen LogP contribution in [0.3, 0.4) is 0 Å². The molecule has 0 saturated heterocycles. The van der Waals surface area contributed by atoms with Gasteiger partial charge in [0.2, 0.25) is 5.91 Å². The highest BCUT2D eigenvalue weighted by Gasteiger charge is 2.35. The van der Waals surface area contributed by atoms with Crippen molar-refractivity contribution < 1.29 is 4.79 Å². The summed E-state index contributed by atoms with van der Waals surface area (Å²) in [5.74, 6) is 0.187. The molecule has 1 aliphatic rings. The Morgan fingerprint density at radius 1 is 1.26 bits per heavy atom. The number of carbonyl (C=O) groups is 1. The van der Waals surface area contributed by atoms with Crippen molar-refractivity contribution in [2.45, 2.75) is 45.2 Å². The van der Waals surface area contributed by atoms with Gasteiger partial charge in [0, 0.05) is 24.2 Å². The van der Waals surface area contributed by atoms with Gasteiger partial charge in [0.15, 0.2) is 0 Å². The van der Waals surface area contributed by atoms with Crippen LogP contribution in [0, 0.1) is 0 Å². The minimum absolute atomic E-state index is 0.187. The standard InChI is InChI=1S/C15H23N3O/c1-15(2,7-8-16)18-13-5-3-11(10-17)9-12(13)4-6-14(18)19/h3,5,9H,4,6-8,10,16-17H2,1-2H3. The number of benzene rings is 1. The number of nitrogens with zero attached hydrogens (tertiary/aromatic N) is 1. The van der Waals surface area contributed by atoms with E-state index in [2.05, 4.69) is 19.9 Å². The zero-order valence-corrected chi connectivity index (χ0v) is 11.8. The van der Waals surface area contributed by atoms with Crippen LogP contribution in [-0.2, 0) is 17.8 Å². The number of rotatable bonds is 4. The molecule has 4 nitrogen and oxygen atoms in total. The van der Waals surface area contributed by atoms with Crippen LogP contribution in [0.4, 0.5) is 5.69 Å². The molecule has 1 aliphatic heterocycles. The predicted molar refractivity (Wildman–Crippen MR) is 77.9 cm³/mol. The molecule has 104 valence electrons. The van der Waals surface area contributed by atoms with E-state index in [0.717, 1.165) is 24.1 Å². The predicted octanol–water partition coefficient (Wildman–Crippen LogP) is 1.55. The second-order valence-electron chi connectivity index (χ2n) is 5.75. The van der Waals surface area contributed by atoms with Gasteiger partial charge in [-0.3, -0.25) is 4.79 Å². The molecule has 1 aromatic rings. The van der Waals surface area contributed by atoms with Crippen LogP contribution in [-0.4, -0.2) is 18.0 Å². The molecule has 0 aromatic heterocycles. The van der Waals surface area contributed by atoms with Crippen molar-refractivity contribution in [3.8, 4) is 0 Å². The smallest absolute Gasteiger partial charge is 0.227 e. The van der Waals surface area contributed by atoms with E-state index in [-0.39, 0.29) is 11.4 Å². The van der Waals surface area contributed by atoms with Gasteiger partial charge in [-0.15, -0.1) is 0 Å². The largest absolute Gasteiger partial charge is 0.330 e. The van der Waals surface area contributed by atoms with Crippen molar-refractivity contribution in [3.05, 3.63) is 29.3 Å². The summed E-state index contributed by atoms with van der Waals surface area (Å²) in [6, 6.07) is 6.14. The third kappa shape index (κ3) is 2.65. The third-order valence-corrected chi connectivity index (χ3v) is 3.84. The number of hydrogen-bond acceptors (Lipinski definition) is 3. The van der Waals surface area contributed by atoms with Crippen molar-refractivity contribution in [2.24, 2.45) is 11.5 Å². The van der Waals surface area contributed by atoms with Crippen LogP contribution in [0.25, 0.3) is 0 Å². The van der Waals surface area contributed by atoms with Gasteiger partial charge in [-0.2, -0.15) is 0 Å². The Morgan fingerprint density at radius 3 is 2.63 bits per heavy atom. The summed E-state index contributed by atoms with van der Waals surface area (Å²) in [6.07, 6.45) is 2.16. The fraction of sp³-hybridized carbons (Fsp3) is 0.533. The number of anilines is 1. The first-order valence-electron chi connectivity index (χ1n) is 6.84. The van der Waals surface area contributed by atoms with E-state index in [0.29, 0.717) is 19.5 Å². The quantitative estimate of drug-likeness (QED) is 0.863. The maximum Gasteiger partial charge on any atom is 0.227 e. The molecule has 1 aromatic carbocycles. The zero-order chi connectivity index (χ0) is 14.0. The summed E-state index contributed by atoms with van der Waals surface area (Å²) in [7, 11) is 0. The van der Waals surface area contributed by atoms with Crippen molar-refractivity contribution in [2.75, 3.05) is 11.4 Å². The Balaban J connectivity index is 2.43. The summed E-state index contributed by atoms with van der Waals surface area (Å²) < 4.78 is 0. The number of aryl methyl sites for hydroxylation is 1. The fourth-order valence-electron chi connectivity index (χ4n) is 2.80. The van der Waals surface area contributed by atoms with E-state index < -0.39 is 0 Å². The Bertz CT molecular complexity index is 482. The maximum atomic E-state index is 12.3. The maximum absolute atomic E-state index is 12.3. The number of hydrogen-bond donors (Lipinski definition) is 2. The lowest BCUT2D eigenvalue weighted by Crippen LogP contribution is -2.51. The molecule has 4 heteroatoms. The SMILES string of the molecule is CC(C)(CCN)N1C(=O)CCc2cc(CN)ccc21. The molecule has 4 N–H and O–H groups in total.